The predicted octanol–water partition coefficient (Wildman–Crippen LogP) is 2.87. The molecular weight excluding hydrogens is 414 g/mol. The van der Waals surface area contributed by atoms with Crippen LogP contribution in [-0.2, 0) is 16.6 Å². The number of methoxy groups -OCH3 is 3. The molecule has 164 valence electrons. The lowest BCUT2D eigenvalue weighted by Gasteiger charge is -2.27. The molecule has 0 unspecified atom stereocenters. The number of carbonyl (C=O) groups excluding carboxylic acids is 3. The second kappa shape index (κ2) is 8.10. The van der Waals surface area contributed by atoms with Crippen LogP contribution in [0.5, 0.6) is 17.2 Å². The molecule has 2 aromatic carbocycles. The maximum atomic E-state index is 13.3. The average Bonchev–Trinajstić information content (AvgIpc) is 3.11. The van der Waals surface area contributed by atoms with E-state index in [1.807, 2.05) is 42.1 Å². The van der Waals surface area contributed by atoms with Crippen molar-refractivity contribution in [2.75, 3.05) is 26.2 Å². The van der Waals surface area contributed by atoms with Crippen LogP contribution in [-0.4, -0.2) is 43.7 Å². The van der Waals surface area contributed by atoms with Gasteiger partial charge in [0.15, 0.2) is 11.5 Å². The quantitative estimate of drug-likeness (QED) is 0.489. The van der Waals surface area contributed by atoms with E-state index in [9.17, 15) is 14.4 Å². The smallest absolute Gasteiger partial charge is 0.335 e. The molecule has 1 aliphatic rings. The number of hydrogen-bond acceptors (Lipinski definition) is 6. The number of amides is 4. The number of barbiturate groups is 1. The van der Waals surface area contributed by atoms with Gasteiger partial charge in [-0.2, -0.15) is 0 Å². The minimum Gasteiger partial charge on any atom is -0.493 e. The van der Waals surface area contributed by atoms with Crippen molar-refractivity contribution in [3.8, 4) is 17.2 Å². The predicted molar refractivity (Wildman–Crippen MR) is 118 cm³/mol. The number of para-hydroxylation sites is 1. The number of imide groups is 2. The summed E-state index contributed by atoms with van der Waals surface area (Å²) in [6.45, 7) is 0. The lowest BCUT2D eigenvalue weighted by molar-refractivity contribution is -0.122. The number of rotatable bonds is 5. The van der Waals surface area contributed by atoms with E-state index in [4.69, 9.17) is 14.2 Å². The highest BCUT2D eigenvalue weighted by Gasteiger charge is 2.38. The minimum atomic E-state index is -0.871. The van der Waals surface area contributed by atoms with Crippen LogP contribution in [0.2, 0.25) is 0 Å². The molecule has 1 N–H and O–H groups in total. The number of nitrogens with zero attached hydrogens (tertiary/aromatic N) is 2. The molecule has 0 radical (unpaired) electrons. The number of ether oxygens (including phenoxy) is 3. The largest absolute Gasteiger partial charge is 0.493 e. The summed E-state index contributed by atoms with van der Waals surface area (Å²) in [5.41, 5.74) is 1.62. The first-order chi connectivity index (χ1) is 15.4. The van der Waals surface area contributed by atoms with Gasteiger partial charge in [-0.25, -0.2) is 9.69 Å². The molecule has 0 aliphatic carbocycles. The van der Waals surface area contributed by atoms with Crippen LogP contribution in [0.15, 0.2) is 48.2 Å². The van der Waals surface area contributed by atoms with Gasteiger partial charge in [-0.3, -0.25) is 14.9 Å². The Balaban J connectivity index is 1.82. The summed E-state index contributed by atoms with van der Waals surface area (Å²) in [5, 5.41) is 3.10. The molecule has 32 heavy (non-hydrogen) atoms. The van der Waals surface area contributed by atoms with Gasteiger partial charge in [0.2, 0.25) is 5.75 Å². The molecule has 9 nitrogen and oxygen atoms in total. The summed E-state index contributed by atoms with van der Waals surface area (Å²) >= 11 is 0. The third-order valence-corrected chi connectivity index (χ3v) is 5.24. The van der Waals surface area contributed by atoms with Crippen molar-refractivity contribution in [2.45, 2.75) is 0 Å². The Kier molecular flexibility index (Phi) is 5.31. The molecular formula is C23H21N3O6. The van der Waals surface area contributed by atoms with Crippen molar-refractivity contribution in [3.63, 3.8) is 0 Å². The first-order valence-corrected chi connectivity index (χ1v) is 9.65. The summed E-state index contributed by atoms with van der Waals surface area (Å²) in [6.07, 6.45) is 3.30. The molecule has 4 amide bonds. The molecule has 1 fully saturated rings. The van der Waals surface area contributed by atoms with Gasteiger partial charge in [-0.15, -0.1) is 0 Å². The first-order valence-electron chi connectivity index (χ1n) is 9.65. The number of urea groups is 1. The SMILES string of the molecule is COc1cc(N2C(=O)NC(=O)/C(=C\c3cn(C)c4ccccc34)C2=O)cc(OC)c1OC. The van der Waals surface area contributed by atoms with Crippen LogP contribution < -0.4 is 24.4 Å². The van der Waals surface area contributed by atoms with Gasteiger partial charge >= 0.3 is 6.03 Å². The van der Waals surface area contributed by atoms with Crippen molar-refractivity contribution >= 4 is 40.5 Å². The Morgan fingerprint density at radius 3 is 2.22 bits per heavy atom. The minimum absolute atomic E-state index is 0.165. The van der Waals surface area contributed by atoms with Crippen LogP contribution in [0.4, 0.5) is 10.5 Å². The van der Waals surface area contributed by atoms with E-state index in [0.29, 0.717) is 11.3 Å². The van der Waals surface area contributed by atoms with E-state index in [2.05, 4.69) is 5.32 Å². The molecule has 1 aliphatic heterocycles. The Hall–Kier alpha value is -4.27. The van der Waals surface area contributed by atoms with E-state index in [1.165, 1.54) is 39.5 Å². The van der Waals surface area contributed by atoms with Crippen LogP contribution in [0.1, 0.15) is 5.56 Å². The van der Waals surface area contributed by atoms with Crippen LogP contribution in [0.25, 0.3) is 17.0 Å². The molecule has 9 heteroatoms. The number of carbonyl (C=O) groups is 3. The Bertz CT molecular complexity index is 1270. The summed E-state index contributed by atoms with van der Waals surface area (Å²) in [6, 6.07) is 9.67. The van der Waals surface area contributed by atoms with Crippen LogP contribution in [0, 0.1) is 0 Å². The second-order valence-corrected chi connectivity index (χ2v) is 7.05. The standard InChI is InChI=1S/C23H21N3O6/c1-25-12-13(15-7-5-6-8-17(15)25)9-16-21(27)24-23(29)26(22(16)28)14-10-18(30-2)20(32-4)19(11-14)31-3/h5-12H,1-4H3,(H,24,27,29)/b16-9+. The summed E-state index contributed by atoms with van der Waals surface area (Å²) in [7, 11) is 6.17. The van der Waals surface area contributed by atoms with Crippen molar-refractivity contribution < 1.29 is 28.6 Å². The fraction of sp³-hybridized carbons (Fsp3) is 0.174. The van der Waals surface area contributed by atoms with Crippen molar-refractivity contribution in [2.24, 2.45) is 7.05 Å². The van der Waals surface area contributed by atoms with Gasteiger partial charge in [0.25, 0.3) is 11.8 Å². The van der Waals surface area contributed by atoms with Crippen LogP contribution in [0.3, 0.4) is 0 Å². The summed E-state index contributed by atoms with van der Waals surface area (Å²) in [5.74, 6) is -0.693. The molecule has 4 rings (SSSR count). The zero-order valence-electron chi connectivity index (χ0n) is 18.0. The van der Waals surface area contributed by atoms with Crippen molar-refractivity contribution in [1.29, 1.82) is 0 Å². The molecule has 0 saturated carbocycles. The Morgan fingerprint density at radius 2 is 1.59 bits per heavy atom. The van der Waals surface area contributed by atoms with Crippen LogP contribution >= 0.6 is 0 Å². The lowest BCUT2D eigenvalue weighted by Crippen LogP contribution is -2.54. The highest BCUT2D eigenvalue weighted by Crippen LogP contribution is 2.41. The number of nitrogens with one attached hydrogen (secondary N) is 1. The number of hydrogen-bond donors (Lipinski definition) is 1. The zero-order valence-corrected chi connectivity index (χ0v) is 18.0. The maximum Gasteiger partial charge on any atom is 0.335 e. The third kappa shape index (κ3) is 3.33. The number of aryl methyl sites for hydroxylation is 1. The summed E-state index contributed by atoms with van der Waals surface area (Å²) < 4.78 is 17.8. The van der Waals surface area contributed by atoms with Gasteiger partial charge in [0.05, 0.1) is 27.0 Å². The van der Waals surface area contributed by atoms with Gasteiger partial charge in [-0.1, -0.05) is 18.2 Å². The van der Waals surface area contributed by atoms with E-state index in [0.717, 1.165) is 15.8 Å². The first kappa shape index (κ1) is 21.0. The second-order valence-electron chi connectivity index (χ2n) is 7.05. The van der Waals surface area contributed by atoms with E-state index in [1.54, 1.807) is 0 Å². The van der Waals surface area contributed by atoms with Crippen molar-refractivity contribution in [3.05, 3.63) is 53.7 Å². The molecule has 1 saturated heterocycles. The fourth-order valence-corrected chi connectivity index (χ4v) is 3.73. The van der Waals surface area contributed by atoms with Crippen molar-refractivity contribution in [1.82, 2.24) is 9.88 Å². The summed E-state index contributed by atoms with van der Waals surface area (Å²) in [4.78, 5) is 39.3. The topological polar surface area (TPSA) is 99.1 Å². The number of aromatic nitrogens is 1. The highest BCUT2D eigenvalue weighted by atomic mass is 16.5. The van der Waals surface area contributed by atoms with Gasteiger partial charge in [0.1, 0.15) is 5.57 Å². The monoisotopic (exact) mass is 435 g/mol. The van der Waals surface area contributed by atoms with E-state index < -0.39 is 17.8 Å². The molecule has 0 spiro atoms. The molecule has 0 bridgehead atoms. The fourth-order valence-electron chi connectivity index (χ4n) is 3.73. The number of benzene rings is 2. The average molecular weight is 435 g/mol. The van der Waals surface area contributed by atoms with E-state index in [-0.39, 0.29) is 22.8 Å². The Labute approximate surface area is 183 Å². The molecule has 1 aromatic heterocycles. The molecule has 3 aromatic rings. The lowest BCUT2D eigenvalue weighted by atomic mass is 10.1. The maximum absolute atomic E-state index is 13.3. The Morgan fingerprint density at radius 1 is 0.938 bits per heavy atom. The van der Waals surface area contributed by atoms with Gasteiger partial charge < -0.3 is 18.8 Å². The number of anilines is 1. The zero-order chi connectivity index (χ0) is 23.0. The third-order valence-electron chi connectivity index (χ3n) is 5.24. The van der Waals surface area contributed by atoms with Gasteiger partial charge in [-0.05, 0) is 12.1 Å². The molecule has 0 atom stereocenters. The molecule has 2 heterocycles. The highest BCUT2D eigenvalue weighted by molar-refractivity contribution is 6.39. The van der Waals surface area contributed by atoms with E-state index >= 15 is 0 Å². The van der Waals surface area contributed by atoms with Gasteiger partial charge in [0, 0.05) is 41.8 Å². The number of fused-ring (bicyclic) bond motifs is 1. The normalized spacial score (nSPS) is 15.3.